The number of hydrogen-bond donors (Lipinski definition) is 1. The van der Waals surface area contributed by atoms with Crippen LogP contribution in [0.2, 0.25) is 0 Å². The molecule has 1 atom stereocenters. The van der Waals surface area contributed by atoms with Gasteiger partial charge in [-0.2, -0.15) is 4.20 Å². The molecule has 0 aromatic carbocycles. The largest absolute Gasteiger partial charge is 0.365 e. The number of hydrogen-bond acceptors (Lipinski definition) is 1. The molecular formula is C20H34FO2P. The van der Waals surface area contributed by atoms with Gasteiger partial charge >= 0.3 is 7.68 Å². The van der Waals surface area contributed by atoms with Crippen molar-refractivity contribution in [1.29, 1.82) is 0 Å². The van der Waals surface area contributed by atoms with Gasteiger partial charge in [-0.05, 0) is 51.4 Å². The summed E-state index contributed by atoms with van der Waals surface area (Å²) < 4.78 is 22.8. The van der Waals surface area contributed by atoms with Crippen LogP contribution in [0.3, 0.4) is 0 Å². The molecule has 2 nitrogen and oxygen atoms in total. The van der Waals surface area contributed by atoms with E-state index in [1.54, 1.807) is 0 Å². The van der Waals surface area contributed by atoms with E-state index in [1.165, 1.54) is 25.7 Å². The molecule has 0 saturated heterocycles. The standard InChI is InChI=1S/C20H34FO2P/c1-2-3-4-5-6-7-8-9-10-11-12-13-14-15-16-17-18-19-20-24(21,22)23/h6-7,9-10,12-13,15-16H,2-5,8,11,14,17-20H2,1H3,(H,22,23)/b7-6+,10-9+,13-12+,16-15+. The molecule has 0 amide bonds. The third-order valence-corrected chi connectivity index (χ3v) is 4.38. The lowest BCUT2D eigenvalue weighted by Crippen LogP contribution is -1.83. The van der Waals surface area contributed by atoms with Crippen LogP contribution in [0.4, 0.5) is 4.20 Å². The van der Waals surface area contributed by atoms with Crippen LogP contribution in [0.15, 0.2) is 48.6 Å². The van der Waals surface area contributed by atoms with Crippen molar-refractivity contribution in [3.8, 4) is 0 Å². The van der Waals surface area contributed by atoms with Gasteiger partial charge < -0.3 is 4.89 Å². The third-order valence-electron chi connectivity index (χ3n) is 3.51. The van der Waals surface area contributed by atoms with E-state index in [-0.39, 0.29) is 6.16 Å². The molecule has 0 bridgehead atoms. The second kappa shape index (κ2) is 16.9. The minimum Gasteiger partial charge on any atom is -0.321 e. The van der Waals surface area contributed by atoms with Crippen LogP contribution in [0, 0.1) is 0 Å². The highest BCUT2D eigenvalue weighted by Crippen LogP contribution is 2.42. The zero-order chi connectivity index (χ0) is 17.9. The van der Waals surface area contributed by atoms with E-state index in [0.29, 0.717) is 6.42 Å². The first-order valence-corrected chi connectivity index (χ1v) is 10.9. The molecule has 0 aromatic heterocycles. The van der Waals surface area contributed by atoms with E-state index in [0.717, 1.165) is 32.1 Å². The number of halogens is 1. The maximum atomic E-state index is 12.4. The van der Waals surface area contributed by atoms with Crippen LogP contribution in [0.25, 0.3) is 0 Å². The van der Waals surface area contributed by atoms with Gasteiger partial charge in [-0.25, -0.2) is 0 Å². The topological polar surface area (TPSA) is 37.3 Å². The van der Waals surface area contributed by atoms with E-state index in [2.05, 4.69) is 49.5 Å². The fraction of sp³-hybridized carbons (Fsp3) is 0.600. The van der Waals surface area contributed by atoms with Crippen molar-refractivity contribution in [1.82, 2.24) is 0 Å². The Kier molecular flexibility index (Phi) is 16.3. The van der Waals surface area contributed by atoms with E-state index in [1.807, 2.05) is 6.08 Å². The fourth-order valence-corrected chi connectivity index (χ4v) is 2.74. The summed E-state index contributed by atoms with van der Waals surface area (Å²) in [5.41, 5.74) is 0. The van der Waals surface area contributed by atoms with E-state index >= 15 is 0 Å². The number of allylic oxidation sites excluding steroid dienone is 8. The second-order valence-corrected chi connectivity index (χ2v) is 7.60. The summed E-state index contributed by atoms with van der Waals surface area (Å²) in [5.74, 6) is 0. The third kappa shape index (κ3) is 21.1. The van der Waals surface area contributed by atoms with Crippen LogP contribution in [0.5, 0.6) is 0 Å². The Balaban J connectivity index is 3.44. The quantitative estimate of drug-likeness (QED) is 0.190. The molecule has 138 valence electrons. The summed E-state index contributed by atoms with van der Waals surface area (Å²) in [4.78, 5) is 8.51. The van der Waals surface area contributed by atoms with E-state index in [4.69, 9.17) is 4.89 Å². The highest BCUT2D eigenvalue weighted by molar-refractivity contribution is 7.52. The Morgan fingerprint density at radius 1 is 0.750 bits per heavy atom. The first-order valence-electron chi connectivity index (χ1n) is 9.17. The summed E-state index contributed by atoms with van der Waals surface area (Å²) in [6.07, 6.45) is 27.1. The van der Waals surface area contributed by atoms with Crippen LogP contribution < -0.4 is 0 Å². The molecule has 0 aliphatic rings. The zero-order valence-electron chi connectivity index (χ0n) is 15.1. The minimum absolute atomic E-state index is 0.221. The van der Waals surface area contributed by atoms with Gasteiger partial charge in [0, 0.05) is 0 Å². The van der Waals surface area contributed by atoms with E-state index < -0.39 is 7.68 Å². The highest BCUT2D eigenvalue weighted by atomic mass is 31.2. The Morgan fingerprint density at radius 3 is 1.58 bits per heavy atom. The molecule has 24 heavy (non-hydrogen) atoms. The monoisotopic (exact) mass is 356 g/mol. The predicted molar refractivity (Wildman–Crippen MR) is 104 cm³/mol. The molecule has 0 saturated carbocycles. The molecule has 0 spiro atoms. The summed E-state index contributed by atoms with van der Waals surface area (Å²) in [5, 5.41) is 0. The van der Waals surface area contributed by atoms with E-state index in [9.17, 15) is 8.76 Å². The highest BCUT2D eigenvalue weighted by Gasteiger charge is 2.13. The molecule has 0 aliphatic heterocycles. The van der Waals surface area contributed by atoms with Crippen molar-refractivity contribution in [3.63, 3.8) is 0 Å². The zero-order valence-corrected chi connectivity index (χ0v) is 16.0. The van der Waals surface area contributed by atoms with Crippen LogP contribution in [-0.4, -0.2) is 11.1 Å². The van der Waals surface area contributed by atoms with Crippen molar-refractivity contribution < 1.29 is 13.7 Å². The van der Waals surface area contributed by atoms with Crippen LogP contribution in [0.1, 0.15) is 71.1 Å². The lowest BCUT2D eigenvalue weighted by atomic mass is 10.2. The van der Waals surface area contributed by atoms with Crippen LogP contribution in [-0.2, 0) is 4.57 Å². The van der Waals surface area contributed by atoms with Gasteiger partial charge in [-0.1, -0.05) is 68.4 Å². The minimum atomic E-state index is -4.30. The Labute approximate surface area is 147 Å². The molecule has 0 rings (SSSR count). The van der Waals surface area contributed by atoms with Gasteiger partial charge in [0.2, 0.25) is 0 Å². The maximum absolute atomic E-state index is 12.4. The van der Waals surface area contributed by atoms with Gasteiger partial charge in [0.25, 0.3) is 0 Å². The molecule has 1 unspecified atom stereocenters. The fourth-order valence-electron chi connectivity index (χ4n) is 2.13. The van der Waals surface area contributed by atoms with Crippen molar-refractivity contribution in [2.24, 2.45) is 0 Å². The lowest BCUT2D eigenvalue weighted by molar-refractivity contribution is 0.427. The molecule has 0 aliphatic carbocycles. The van der Waals surface area contributed by atoms with Gasteiger partial charge in [-0.3, -0.25) is 4.57 Å². The molecule has 4 heteroatoms. The SMILES string of the molecule is CCCCC/C=C/C/C=C/C/C=C/C/C=C/CCCCP(=O)(O)F. The Morgan fingerprint density at radius 2 is 1.17 bits per heavy atom. The molecule has 0 fully saturated rings. The average molecular weight is 356 g/mol. The average Bonchev–Trinajstić information content (AvgIpc) is 2.52. The summed E-state index contributed by atoms with van der Waals surface area (Å²) in [6, 6.07) is 0. The normalized spacial score (nSPS) is 15.3. The smallest absolute Gasteiger partial charge is 0.321 e. The van der Waals surface area contributed by atoms with Gasteiger partial charge in [0.1, 0.15) is 0 Å². The van der Waals surface area contributed by atoms with Crippen molar-refractivity contribution in [2.45, 2.75) is 71.1 Å². The van der Waals surface area contributed by atoms with Gasteiger partial charge in [0.05, 0.1) is 6.16 Å². The summed E-state index contributed by atoms with van der Waals surface area (Å²) in [6.45, 7) is 2.22. The molecule has 0 aromatic rings. The Hall–Kier alpha value is -0.920. The number of rotatable bonds is 15. The second-order valence-electron chi connectivity index (χ2n) is 5.92. The predicted octanol–water partition coefficient (Wildman–Crippen LogP) is 7.29. The first-order chi connectivity index (χ1) is 11.6. The van der Waals surface area contributed by atoms with Crippen molar-refractivity contribution in [3.05, 3.63) is 48.6 Å². The molecule has 0 heterocycles. The van der Waals surface area contributed by atoms with Crippen molar-refractivity contribution in [2.75, 3.05) is 6.16 Å². The van der Waals surface area contributed by atoms with Crippen LogP contribution >= 0.6 is 7.68 Å². The van der Waals surface area contributed by atoms with Gasteiger partial charge in [-0.15, -0.1) is 0 Å². The molecular weight excluding hydrogens is 322 g/mol. The lowest BCUT2D eigenvalue weighted by Gasteiger charge is -1.98. The molecule has 0 radical (unpaired) electrons. The summed E-state index contributed by atoms with van der Waals surface area (Å²) in [7, 11) is -4.30. The first kappa shape index (κ1) is 23.1. The molecule has 1 N–H and O–H groups in total. The maximum Gasteiger partial charge on any atom is 0.365 e. The summed E-state index contributed by atoms with van der Waals surface area (Å²) >= 11 is 0. The number of unbranched alkanes of at least 4 members (excludes halogenated alkanes) is 5. The van der Waals surface area contributed by atoms with Gasteiger partial charge in [0.15, 0.2) is 0 Å². The Bertz CT molecular complexity index is 433. The van der Waals surface area contributed by atoms with Crippen molar-refractivity contribution >= 4 is 7.68 Å².